The lowest BCUT2D eigenvalue weighted by Gasteiger charge is -1.95. The second kappa shape index (κ2) is 6.07. The van der Waals surface area contributed by atoms with E-state index in [-0.39, 0.29) is 5.91 Å². The molecule has 0 aliphatic carbocycles. The van der Waals surface area contributed by atoms with Gasteiger partial charge in [0.05, 0.1) is 11.1 Å². The number of pyridine rings is 1. The summed E-state index contributed by atoms with van der Waals surface area (Å²) in [6.07, 6.45) is 5.87. The van der Waals surface area contributed by atoms with Crippen LogP contribution in [0.3, 0.4) is 0 Å². The van der Waals surface area contributed by atoms with Crippen molar-refractivity contribution in [3.8, 4) is 0 Å². The molecule has 2 heterocycles. The number of aromatic nitrogens is 1. The number of nitrogens with one attached hydrogen (secondary N) is 1. The molecule has 0 bridgehead atoms. The Labute approximate surface area is 109 Å². The molecule has 0 spiro atoms. The molecule has 0 radical (unpaired) electrons. The first-order chi connectivity index (χ1) is 8.79. The SMILES string of the molecule is CCc1ccc(C(=O)NN=Cc2cccnc2)s1. The normalized spacial score (nSPS) is 10.7. The fourth-order valence-electron chi connectivity index (χ4n) is 1.36. The Morgan fingerprint density at radius 2 is 2.39 bits per heavy atom. The number of hydrogen-bond acceptors (Lipinski definition) is 4. The molecule has 2 aromatic rings. The largest absolute Gasteiger partial charge is 0.281 e. The highest BCUT2D eigenvalue weighted by Gasteiger charge is 2.06. The van der Waals surface area contributed by atoms with Crippen LogP contribution < -0.4 is 5.43 Å². The second-order valence-electron chi connectivity index (χ2n) is 3.60. The number of aryl methyl sites for hydroxylation is 1. The van der Waals surface area contributed by atoms with Gasteiger partial charge in [0.1, 0.15) is 0 Å². The number of thiophene rings is 1. The Morgan fingerprint density at radius 1 is 1.50 bits per heavy atom. The molecule has 4 nitrogen and oxygen atoms in total. The Kier molecular flexibility index (Phi) is 4.20. The molecule has 0 saturated heterocycles. The number of rotatable bonds is 4. The van der Waals surface area contributed by atoms with Crippen molar-refractivity contribution < 1.29 is 4.79 Å². The third kappa shape index (κ3) is 3.24. The second-order valence-corrected chi connectivity index (χ2v) is 4.77. The molecule has 1 amide bonds. The average Bonchev–Trinajstić information content (AvgIpc) is 2.89. The van der Waals surface area contributed by atoms with Crippen LogP contribution in [-0.4, -0.2) is 17.1 Å². The molecule has 18 heavy (non-hydrogen) atoms. The maximum absolute atomic E-state index is 11.7. The van der Waals surface area contributed by atoms with Crippen LogP contribution >= 0.6 is 11.3 Å². The van der Waals surface area contributed by atoms with Gasteiger partial charge in [0, 0.05) is 22.8 Å². The fourth-order valence-corrected chi connectivity index (χ4v) is 2.20. The van der Waals surface area contributed by atoms with Gasteiger partial charge < -0.3 is 0 Å². The third-order valence-electron chi connectivity index (χ3n) is 2.30. The molecular weight excluding hydrogens is 246 g/mol. The quantitative estimate of drug-likeness (QED) is 0.677. The van der Waals surface area contributed by atoms with Crippen LogP contribution in [0.1, 0.15) is 27.0 Å². The van der Waals surface area contributed by atoms with Crippen molar-refractivity contribution in [2.45, 2.75) is 13.3 Å². The Hall–Kier alpha value is -2.01. The topological polar surface area (TPSA) is 54.4 Å². The van der Waals surface area contributed by atoms with Gasteiger partial charge in [0.2, 0.25) is 0 Å². The molecule has 2 rings (SSSR count). The Morgan fingerprint density at radius 3 is 3.06 bits per heavy atom. The van der Waals surface area contributed by atoms with Crippen LogP contribution in [0, 0.1) is 0 Å². The first-order valence-corrected chi connectivity index (χ1v) is 6.43. The van der Waals surface area contributed by atoms with Crippen molar-refractivity contribution in [3.63, 3.8) is 0 Å². The van der Waals surface area contributed by atoms with Crippen LogP contribution in [0.2, 0.25) is 0 Å². The molecule has 0 fully saturated rings. The molecule has 0 aliphatic heterocycles. The minimum Gasteiger partial charge on any atom is -0.266 e. The minimum absolute atomic E-state index is 0.181. The smallest absolute Gasteiger partial charge is 0.266 e. The van der Waals surface area contributed by atoms with Gasteiger partial charge in [-0.3, -0.25) is 9.78 Å². The minimum atomic E-state index is -0.181. The number of amides is 1. The van der Waals surface area contributed by atoms with Crippen LogP contribution in [0.4, 0.5) is 0 Å². The standard InChI is InChI=1S/C13H13N3OS/c1-2-11-5-6-12(18-11)13(17)16-15-9-10-4-3-7-14-8-10/h3-9H,2H2,1H3,(H,16,17). The number of hydrazone groups is 1. The summed E-state index contributed by atoms with van der Waals surface area (Å²) in [4.78, 5) is 17.6. The van der Waals surface area contributed by atoms with Crippen LogP contribution in [-0.2, 0) is 6.42 Å². The molecule has 0 saturated carbocycles. The maximum Gasteiger partial charge on any atom is 0.281 e. The average molecular weight is 259 g/mol. The molecule has 0 unspecified atom stereocenters. The van der Waals surface area contributed by atoms with Crippen molar-refractivity contribution in [2.24, 2.45) is 5.10 Å². The molecule has 0 aromatic carbocycles. The van der Waals surface area contributed by atoms with Crippen molar-refractivity contribution >= 4 is 23.5 Å². The highest BCUT2D eigenvalue weighted by atomic mass is 32.1. The molecule has 92 valence electrons. The van der Waals surface area contributed by atoms with E-state index in [4.69, 9.17) is 0 Å². The van der Waals surface area contributed by atoms with Crippen LogP contribution in [0.25, 0.3) is 0 Å². The Bertz CT molecular complexity index is 548. The summed E-state index contributed by atoms with van der Waals surface area (Å²) in [5.74, 6) is -0.181. The van der Waals surface area contributed by atoms with E-state index < -0.39 is 0 Å². The van der Waals surface area contributed by atoms with Gasteiger partial charge in [-0.2, -0.15) is 5.10 Å². The molecular formula is C13H13N3OS. The lowest BCUT2D eigenvalue weighted by Crippen LogP contribution is -2.16. The molecule has 0 atom stereocenters. The monoisotopic (exact) mass is 259 g/mol. The lowest BCUT2D eigenvalue weighted by atomic mass is 10.3. The summed E-state index contributed by atoms with van der Waals surface area (Å²) in [6.45, 7) is 2.06. The van der Waals surface area contributed by atoms with E-state index in [9.17, 15) is 4.79 Å². The van der Waals surface area contributed by atoms with Gasteiger partial charge in [-0.05, 0) is 24.6 Å². The van der Waals surface area contributed by atoms with Crippen molar-refractivity contribution in [1.29, 1.82) is 0 Å². The number of carbonyl (C=O) groups excluding carboxylic acids is 1. The number of carbonyl (C=O) groups is 1. The van der Waals surface area contributed by atoms with E-state index in [1.165, 1.54) is 16.2 Å². The van der Waals surface area contributed by atoms with Gasteiger partial charge >= 0.3 is 0 Å². The lowest BCUT2D eigenvalue weighted by molar-refractivity contribution is 0.0959. The fraction of sp³-hybridized carbons (Fsp3) is 0.154. The van der Waals surface area contributed by atoms with Gasteiger partial charge in [0.15, 0.2) is 0 Å². The molecule has 0 aliphatic rings. The predicted octanol–water partition coefficient (Wildman–Crippen LogP) is 2.47. The summed E-state index contributed by atoms with van der Waals surface area (Å²) in [7, 11) is 0. The van der Waals surface area contributed by atoms with E-state index in [1.54, 1.807) is 18.6 Å². The van der Waals surface area contributed by atoms with Crippen molar-refractivity contribution in [3.05, 3.63) is 52.0 Å². The molecule has 2 aromatic heterocycles. The first-order valence-electron chi connectivity index (χ1n) is 5.61. The predicted molar refractivity (Wildman–Crippen MR) is 73.0 cm³/mol. The van der Waals surface area contributed by atoms with Gasteiger partial charge in [-0.1, -0.05) is 13.0 Å². The highest BCUT2D eigenvalue weighted by molar-refractivity contribution is 7.14. The molecule has 5 heteroatoms. The van der Waals surface area contributed by atoms with Crippen molar-refractivity contribution in [1.82, 2.24) is 10.4 Å². The van der Waals surface area contributed by atoms with E-state index in [2.05, 4.69) is 22.4 Å². The first kappa shape index (κ1) is 12.4. The highest BCUT2D eigenvalue weighted by Crippen LogP contribution is 2.16. The van der Waals surface area contributed by atoms with E-state index in [0.717, 1.165) is 12.0 Å². The van der Waals surface area contributed by atoms with Gasteiger partial charge in [-0.15, -0.1) is 11.3 Å². The summed E-state index contributed by atoms with van der Waals surface area (Å²) >= 11 is 1.49. The van der Waals surface area contributed by atoms with E-state index in [1.807, 2.05) is 24.3 Å². The third-order valence-corrected chi connectivity index (χ3v) is 3.53. The van der Waals surface area contributed by atoms with E-state index >= 15 is 0 Å². The maximum atomic E-state index is 11.7. The van der Waals surface area contributed by atoms with Crippen molar-refractivity contribution in [2.75, 3.05) is 0 Å². The zero-order chi connectivity index (χ0) is 12.8. The Balaban J connectivity index is 1.94. The number of hydrogen-bond donors (Lipinski definition) is 1. The summed E-state index contributed by atoms with van der Waals surface area (Å²) in [6, 6.07) is 7.46. The summed E-state index contributed by atoms with van der Waals surface area (Å²) < 4.78 is 0. The summed E-state index contributed by atoms with van der Waals surface area (Å²) in [5.41, 5.74) is 3.34. The van der Waals surface area contributed by atoms with Crippen LogP contribution in [0.15, 0.2) is 41.8 Å². The zero-order valence-electron chi connectivity index (χ0n) is 9.96. The zero-order valence-corrected chi connectivity index (χ0v) is 10.8. The summed E-state index contributed by atoms with van der Waals surface area (Å²) in [5, 5.41) is 3.90. The molecule has 1 N–H and O–H groups in total. The van der Waals surface area contributed by atoms with E-state index in [0.29, 0.717) is 4.88 Å². The number of nitrogens with zero attached hydrogens (tertiary/aromatic N) is 2. The van der Waals surface area contributed by atoms with Crippen LogP contribution in [0.5, 0.6) is 0 Å². The van der Waals surface area contributed by atoms with Gasteiger partial charge in [0.25, 0.3) is 5.91 Å². The van der Waals surface area contributed by atoms with Gasteiger partial charge in [-0.25, -0.2) is 5.43 Å².